The molecule has 0 aliphatic carbocycles. The number of anilines is 2. The van der Waals surface area contributed by atoms with Gasteiger partial charge in [0.2, 0.25) is 0 Å². The SMILES string of the molecule is CC(C)Oc1ccc(NC(=O)C(=O)Nc2ccc(F)c(F)c2F)cc1. The smallest absolute Gasteiger partial charge is 0.314 e. The second-order valence-electron chi connectivity index (χ2n) is 5.32. The molecular formula is C17H15F3N2O3. The first-order chi connectivity index (χ1) is 11.8. The van der Waals surface area contributed by atoms with Gasteiger partial charge in [0.15, 0.2) is 17.5 Å². The molecule has 0 saturated heterocycles. The largest absolute Gasteiger partial charge is 0.491 e. The highest BCUT2D eigenvalue weighted by Gasteiger charge is 2.19. The summed E-state index contributed by atoms with van der Waals surface area (Å²) in [4.78, 5) is 23.5. The van der Waals surface area contributed by atoms with Crippen molar-refractivity contribution in [2.75, 3.05) is 10.6 Å². The molecule has 0 aromatic heterocycles. The van der Waals surface area contributed by atoms with Gasteiger partial charge in [0, 0.05) is 5.69 Å². The lowest BCUT2D eigenvalue weighted by Crippen LogP contribution is -2.29. The fourth-order valence-electron chi connectivity index (χ4n) is 1.88. The summed E-state index contributed by atoms with van der Waals surface area (Å²) in [5, 5.41) is 4.17. The zero-order chi connectivity index (χ0) is 18.6. The fourth-order valence-corrected chi connectivity index (χ4v) is 1.88. The zero-order valence-corrected chi connectivity index (χ0v) is 13.4. The lowest BCUT2D eigenvalue weighted by molar-refractivity contribution is -0.133. The Morgan fingerprint density at radius 3 is 2.08 bits per heavy atom. The Balaban J connectivity index is 2.01. The van der Waals surface area contributed by atoms with Gasteiger partial charge < -0.3 is 15.4 Å². The normalized spacial score (nSPS) is 10.5. The third-order valence-electron chi connectivity index (χ3n) is 2.97. The minimum absolute atomic E-state index is 0.0165. The molecule has 0 heterocycles. The van der Waals surface area contributed by atoms with Crippen molar-refractivity contribution in [2.45, 2.75) is 20.0 Å². The third kappa shape index (κ3) is 4.72. The molecule has 2 amide bonds. The number of carbonyl (C=O) groups excluding carboxylic acids is 2. The maximum absolute atomic E-state index is 13.5. The molecule has 2 rings (SSSR count). The summed E-state index contributed by atoms with van der Waals surface area (Å²) in [5.41, 5.74) is -0.332. The first-order valence-electron chi connectivity index (χ1n) is 7.30. The van der Waals surface area contributed by atoms with E-state index in [1.807, 2.05) is 19.2 Å². The molecule has 132 valence electrons. The average Bonchev–Trinajstić information content (AvgIpc) is 2.56. The van der Waals surface area contributed by atoms with Gasteiger partial charge in [-0.25, -0.2) is 13.2 Å². The number of rotatable bonds is 4. The average molecular weight is 352 g/mol. The maximum atomic E-state index is 13.5. The van der Waals surface area contributed by atoms with Crippen LogP contribution in [0.1, 0.15) is 13.8 Å². The number of benzene rings is 2. The van der Waals surface area contributed by atoms with E-state index in [0.29, 0.717) is 17.5 Å². The van der Waals surface area contributed by atoms with Gasteiger partial charge in [0.1, 0.15) is 5.75 Å². The molecule has 0 aliphatic rings. The Morgan fingerprint density at radius 2 is 1.48 bits per heavy atom. The predicted octanol–water partition coefficient (Wildman–Crippen LogP) is 3.47. The van der Waals surface area contributed by atoms with Gasteiger partial charge in [-0.3, -0.25) is 9.59 Å². The van der Waals surface area contributed by atoms with Crippen LogP contribution < -0.4 is 15.4 Å². The topological polar surface area (TPSA) is 67.4 Å². The number of ether oxygens (including phenoxy) is 1. The van der Waals surface area contributed by atoms with Gasteiger partial charge in [-0.05, 0) is 50.2 Å². The quantitative estimate of drug-likeness (QED) is 0.654. The van der Waals surface area contributed by atoms with E-state index in [1.54, 1.807) is 12.1 Å². The molecule has 2 aromatic carbocycles. The van der Waals surface area contributed by atoms with Crippen LogP contribution in [0.15, 0.2) is 36.4 Å². The Labute approximate surface area is 141 Å². The summed E-state index contributed by atoms with van der Waals surface area (Å²) in [7, 11) is 0. The van der Waals surface area contributed by atoms with Gasteiger partial charge in [-0.1, -0.05) is 0 Å². The third-order valence-corrected chi connectivity index (χ3v) is 2.97. The minimum Gasteiger partial charge on any atom is -0.491 e. The predicted molar refractivity (Wildman–Crippen MR) is 85.8 cm³/mol. The van der Waals surface area contributed by atoms with Crippen LogP contribution in [-0.4, -0.2) is 17.9 Å². The van der Waals surface area contributed by atoms with Crippen LogP contribution in [0.5, 0.6) is 5.75 Å². The Bertz CT molecular complexity index is 792. The number of amides is 2. The standard InChI is InChI=1S/C17H15F3N2O3/c1-9(2)25-11-5-3-10(4-6-11)21-16(23)17(24)22-13-8-7-12(18)14(19)15(13)20/h3-9H,1-2H3,(H,21,23)(H,22,24). The summed E-state index contributed by atoms with van der Waals surface area (Å²) in [5.74, 6) is -6.46. The second-order valence-corrected chi connectivity index (χ2v) is 5.32. The van der Waals surface area contributed by atoms with E-state index in [-0.39, 0.29) is 6.10 Å². The molecular weight excluding hydrogens is 337 g/mol. The zero-order valence-electron chi connectivity index (χ0n) is 13.4. The van der Waals surface area contributed by atoms with Gasteiger partial charge in [-0.15, -0.1) is 0 Å². The van der Waals surface area contributed by atoms with Crippen molar-refractivity contribution in [3.05, 3.63) is 53.8 Å². The summed E-state index contributed by atoms with van der Waals surface area (Å²) < 4.78 is 44.9. The van der Waals surface area contributed by atoms with Crippen LogP contribution in [0.25, 0.3) is 0 Å². The Hall–Kier alpha value is -3.03. The van der Waals surface area contributed by atoms with E-state index in [0.717, 1.165) is 6.07 Å². The molecule has 0 spiro atoms. The highest BCUT2D eigenvalue weighted by Crippen LogP contribution is 2.20. The molecule has 0 aliphatic heterocycles. The van der Waals surface area contributed by atoms with E-state index >= 15 is 0 Å². The molecule has 25 heavy (non-hydrogen) atoms. The minimum atomic E-state index is -1.74. The van der Waals surface area contributed by atoms with E-state index < -0.39 is 35.0 Å². The summed E-state index contributed by atoms with van der Waals surface area (Å²) in [6.45, 7) is 3.72. The Kier molecular flexibility index (Phi) is 5.63. The molecule has 8 heteroatoms. The number of hydrogen-bond donors (Lipinski definition) is 2. The monoisotopic (exact) mass is 352 g/mol. The number of halogens is 3. The van der Waals surface area contributed by atoms with Crippen molar-refractivity contribution in [1.29, 1.82) is 0 Å². The van der Waals surface area contributed by atoms with Gasteiger partial charge >= 0.3 is 11.8 Å². The van der Waals surface area contributed by atoms with Crippen molar-refractivity contribution in [3.8, 4) is 5.75 Å². The molecule has 0 atom stereocenters. The van der Waals surface area contributed by atoms with E-state index in [2.05, 4.69) is 5.32 Å². The number of nitrogens with one attached hydrogen (secondary N) is 2. The van der Waals surface area contributed by atoms with Crippen LogP contribution in [0.4, 0.5) is 24.5 Å². The molecule has 0 saturated carbocycles. The van der Waals surface area contributed by atoms with Gasteiger partial charge in [0.25, 0.3) is 0 Å². The summed E-state index contributed by atoms with van der Waals surface area (Å²) >= 11 is 0. The van der Waals surface area contributed by atoms with E-state index in [1.165, 1.54) is 12.1 Å². The Morgan fingerprint density at radius 1 is 0.880 bits per heavy atom. The first kappa shape index (κ1) is 18.3. The van der Waals surface area contributed by atoms with E-state index in [4.69, 9.17) is 4.74 Å². The number of carbonyl (C=O) groups is 2. The lowest BCUT2D eigenvalue weighted by Gasteiger charge is -2.11. The van der Waals surface area contributed by atoms with Crippen LogP contribution in [0.2, 0.25) is 0 Å². The number of hydrogen-bond acceptors (Lipinski definition) is 3. The second kappa shape index (κ2) is 7.69. The van der Waals surface area contributed by atoms with Crippen LogP contribution in [0.3, 0.4) is 0 Å². The van der Waals surface area contributed by atoms with E-state index in [9.17, 15) is 22.8 Å². The van der Waals surface area contributed by atoms with Crippen molar-refractivity contribution >= 4 is 23.2 Å². The maximum Gasteiger partial charge on any atom is 0.314 e. The molecule has 0 fully saturated rings. The summed E-state index contributed by atoms with van der Waals surface area (Å²) in [6, 6.07) is 7.68. The highest BCUT2D eigenvalue weighted by molar-refractivity contribution is 6.43. The van der Waals surface area contributed by atoms with Gasteiger partial charge in [-0.2, -0.15) is 0 Å². The van der Waals surface area contributed by atoms with Crippen molar-refractivity contribution in [1.82, 2.24) is 0 Å². The molecule has 0 unspecified atom stereocenters. The van der Waals surface area contributed by atoms with Crippen molar-refractivity contribution in [2.24, 2.45) is 0 Å². The van der Waals surface area contributed by atoms with Crippen LogP contribution >= 0.6 is 0 Å². The molecule has 2 aromatic rings. The lowest BCUT2D eigenvalue weighted by atomic mass is 10.2. The first-order valence-corrected chi connectivity index (χ1v) is 7.30. The van der Waals surface area contributed by atoms with Crippen molar-refractivity contribution < 1.29 is 27.5 Å². The highest BCUT2D eigenvalue weighted by atomic mass is 19.2. The summed E-state index contributed by atoms with van der Waals surface area (Å²) in [6.07, 6.45) is -0.0165. The fraction of sp³-hybridized carbons (Fsp3) is 0.176. The molecule has 5 nitrogen and oxygen atoms in total. The van der Waals surface area contributed by atoms with Crippen molar-refractivity contribution in [3.63, 3.8) is 0 Å². The molecule has 0 radical (unpaired) electrons. The molecule has 0 bridgehead atoms. The van der Waals surface area contributed by atoms with Crippen LogP contribution in [0, 0.1) is 17.5 Å². The molecule has 2 N–H and O–H groups in total. The van der Waals surface area contributed by atoms with Crippen LogP contribution in [-0.2, 0) is 9.59 Å². The van der Waals surface area contributed by atoms with Gasteiger partial charge in [0.05, 0.1) is 11.8 Å².